The summed E-state index contributed by atoms with van der Waals surface area (Å²) in [6, 6.07) is 14.8. The number of halogens is 1. The van der Waals surface area contributed by atoms with Crippen molar-refractivity contribution >= 4 is 39.1 Å². The van der Waals surface area contributed by atoms with Gasteiger partial charge < -0.3 is 10.2 Å². The first-order valence-electron chi connectivity index (χ1n) is 6.84. The number of carbonyl (C=O) groups excluding carboxylic acids is 2. The second-order valence-corrected chi connectivity index (χ2v) is 5.90. The predicted molar refractivity (Wildman–Crippen MR) is 92.0 cm³/mol. The van der Waals surface area contributed by atoms with Crippen LogP contribution in [0.25, 0.3) is 0 Å². The zero-order chi connectivity index (χ0) is 16.1. The molecule has 2 aromatic carbocycles. The van der Waals surface area contributed by atoms with Gasteiger partial charge in [0.15, 0.2) is 0 Å². The van der Waals surface area contributed by atoms with Crippen molar-refractivity contribution in [3.63, 3.8) is 0 Å². The predicted octanol–water partition coefficient (Wildman–Crippen LogP) is 3.61. The van der Waals surface area contributed by atoms with Crippen molar-refractivity contribution < 1.29 is 9.59 Å². The van der Waals surface area contributed by atoms with Crippen molar-refractivity contribution in [3.05, 3.63) is 58.6 Å². The molecule has 0 saturated heterocycles. The molecule has 2 aromatic rings. The Labute approximate surface area is 138 Å². The van der Waals surface area contributed by atoms with Gasteiger partial charge in [-0.15, -0.1) is 0 Å². The molecule has 0 aliphatic heterocycles. The van der Waals surface area contributed by atoms with E-state index in [1.165, 1.54) is 6.92 Å². The second-order valence-electron chi connectivity index (χ2n) is 4.98. The van der Waals surface area contributed by atoms with Crippen LogP contribution in [0.5, 0.6) is 0 Å². The number of hydrogen-bond acceptors (Lipinski definition) is 2. The lowest BCUT2D eigenvalue weighted by Gasteiger charge is -2.15. The zero-order valence-electron chi connectivity index (χ0n) is 12.5. The Kier molecular flexibility index (Phi) is 5.33. The third-order valence-electron chi connectivity index (χ3n) is 3.26. The van der Waals surface area contributed by atoms with Crippen LogP contribution in [0, 0.1) is 0 Å². The highest BCUT2D eigenvalue weighted by Crippen LogP contribution is 2.17. The molecule has 0 aromatic heterocycles. The molecule has 0 fully saturated rings. The fourth-order valence-electron chi connectivity index (χ4n) is 1.99. The van der Waals surface area contributed by atoms with Crippen molar-refractivity contribution in [2.45, 2.75) is 13.3 Å². The molecule has 0 atom stereocenters. The number of hydrogen-bond donors (Lipinski definition) is 1. The molecule has 22 heavy (non-hydrogen) atoms. The molecule has 1 N–H and O–H groups in total. The highest BCUT2D eigenvalue weighted by molar-refractivity contribution is 9.10. The van der Waals surface area contributed by atoms with Crippen molar-refractivity contribution in [2.24, 2.45) is 0 Å². The molecule has 0 spiro atoms. The number of anilines is 2. The molecule has 4 nitrogen and oxygen atoms in total. The summed E-state index contributed by atoms with van der Waals surface area (Å²) in [6.07, 6.45) is 0.314. The summed E-state index contributed by atoms with van der Waals surface area (Å²) in [5, 5.41) is 2.85. The Bertz CT molecular complexity index is 683. The van der Waals surface area contributed by atoms with E-state index in [4.69, 9.17) is 0 Å². The van der Waals surface area contributed by atoms with Crippen molar-refractivity contribution in [1.29, 1.82) is 0 Å². The molecule has 0 aliphatic rings. The Hall–Kier alpha value is -2.14. The number of amides is 2. The van der Waals surface area contributed by atoms with Gasteiger partial charge in [-0.1, -0.05) is 28.1 Å². The number of nitrogens with zero attached hydrogens (tertiary/aromatic N) is 1. The van der Waals surface area contributed by atoms with Crippen LogP contribution in [0.2, 0.25) is 0 Å². The summed E-state index contributed by atoms with van der Waals surface area (Å²) in [7, 11) is 1.71. The van der Waals surface area contributed by atoms with E-state index < -0.39 is 0 Å². The summed E-state index contributed by atoms with van der Waals surface area (Å²) in [5.41, 5.74) is 2.44. The van der Waals surface area contributed by atoms with E-state index in [0.717, 1.165) is 15.7 Å². The fourth-order valence-corrected chi connectivity index (χ4v) is 2.43. The maximum atomic E-state index is 12.0. The average molecular weight is 361 g/mol. The van der Waals surface area contributed by atoms with Crippen LogP contribution in [0.1, 0.15) is 12.5 Å². The summed E-state index contributed by atoms with van der Waals surface area (Å²) in [6.45, 7) is 1.51. The number of rotatable bonds is 4. The van der Waals surface area contributed by atoms with Gasteiger partial charge in [-0.2, -0.15) is 0 Å². The maximum absolute atomic E-state index is 12.0. The Morgan fingerprint density at radius 1 is 1.14 bits per heavy atom. The Morgan fingerprint density at radius 3 is 2.41 bits per heavy atom. The average Bonchev–Trinajstić information content (AvgIpc) is 2.47. The van der Waals surface area contributed by atoms with Crippen molar-refractivity contribution in [3.8, 4) is 0 Å². The molecule has 2 rings (SSSR count). The highest BCUT2D eigenvalue weighted by Gasteiger charge is 2.07. The third kappa shape index (κ3) is 4.43. The van der Waals surface area contributed by atoms with Gasteiger partial charge in [0.2, 0.25) is 11.8 Å². The first-order valence-corrected chi connectivity index (χ1v) is 7.63. The summed E-state index contributed by atoms with van der Waals surface area (Å²) < 4.78 is 0.953. The fraction of sp³-hybridized carbons (Fsp3) is 0.176. The Balaban J connectivity index is 1.98. The number of carbonyl (C=O) groups is 2. The minimum Gasteiger partial charge on any atom is -0.326 e. The topological polar surface area (TPSA) is 49.4 Å². The molecule has 114 valence electrons. The maximum Gasteiger partial charge on any atom is 0.228 e. The lowest BCUT2D eigenvalue weighted by molar-refractivity contribution is -0.116. The lowest BCUT2D eigenvalue weighted by Crippen LogP contribution is -2.22. The Morgan fingerprint density at radius 2 is 1.82 bits per heavy atom. The van der Waals surface area contributed by atoms with Crippen LogP contribution in [0.4, 0.5) is 11.4 Å². The lowest BCUT2D eigenvalue weighted by atomic mass is 10.1. The zero-order valence-corrected chi connectivity index (χ0v) is 14.1. The van der Waals surface area contributed by atoms with Crippen LogP contribution >= 0.6 is 15.9 Å². The van der Waals surface area contributed by atoms with Gasteiger partial charge in [0.25, 0.3) is 0 Å². The van der Waals surface area contributed by atoms with Gasteiger partial charge in [-0.25, -0.2) is 0 Å². The normalized spacial score (nSPS) is 10.1. The largest absolute Gasteiger partial charge is 0.326 e. The first kappa shape index (κ1) is 16.2. The molecule has 0 aliphatic carbocycles. The SMILES string of the molecule is CC(=O)N(C)c1ccc(NC(=O)Cc2cccc(Br)c2)cc1. The summed E-state index contributed by atoms with van der Waals surface area (Å²) >= 11 is 3.39. The minimum atomic E-state index is -0.0780. The van der Waals surface area contributed by atoms with Gasteiger partial charge in [0.05, 0.1) is 6.42 Å². The molecule has 0 unspecified atom stereocenters. The van der Waals surface area contributed by atoms with E-state index >= 15 is 0 Å². The molecule has 0 bridgehead atoms. The van der Waals surface area contributed by atoms with E-state index in [9.17, 15) is 9.59 Å². The molecular weight excluding hydrogens is 344 g/mol. The number of nitrogens with one attached hydrogen (secondary N) is 1. The van der Waals surface area contributed by atoms with E-state index in [-0.39, 0.29) is 11.8 Å². The summed E-state index contributed by atoms with van der Waals surface area (Å²) in [5.74, 6) is -0.114. The van der Waals surface area contributed by atoms with Crippen LogP contribution < -0.4 is 10.2 Å². The standard InChI is InChI=1S/C17H17BrN2O2/c1-12(21)20(2)16-8-6-15(7-9-16)19-17(22)11-13-4-3-5-14(18)10-13/h3-10H,11H2,1-2H3,(H,19,22). The highest BCUT2D eigenvalue weighted by atomic mass is 79.9. The monoisotopic (exact) mass is 360 g/mol. The molecule has 5 heteroatoms. The van der Waals surface area contributed by atoms with Crippen LogP contribution in [-0.2, 0) is 16.0 Å². The van der Waals surface area contributed by atoms with Gasteiger partial charge in [-0.05, 0) is 42.0 Å². The van der Waals surface area contributed by atoms with E-state index in [1.54, 1.807) is 36.2 Å². The third-order valence-corrected chi connectivity index (χ3v) is 3.76. The van der Waals surface area contributed by atoms with Gasteiger partial charge >= 0.3 is 0 Å². The number of benzene rings is 2. The first-order chi connectivity index (χ1) is 10.5. The summed E-state index contributed by atoms with van der Waals surface area (Å²) in [4.78, 5) is 24.9. The molecule has 0 saturated carbocycles. The van der Waals surface area contributed by atoms with Crippen LogP contribution in [0.3, 0.4) is 0 Å². The van der Waals surface area contributed by atoms with E-state index in [2.05, 4.69) is 21.2 Å². The van der Waals surface area contributed by atoms with E-state index in [1.807, 2.05) is 24.3 Å². The smallest absolute Gasteiger partial charge is 0.228 e. The molecule has 0 heterocycles. The quantitative estimate of drug-likeness (QED) is 0.905. The van der Waals surface area contributed by atoms with Gasteiger partial charge in [0, 0.05) is 29.8 Å². The molecular formula is C17H17BrN2O2. The van der Waals surface area contributed by atoms with Gasteiger partial charge in [0.1, 0.15) is 0 Å². The second kappa shape index (κ2) is 7.22. The van der Waals surface area contributed by atoms with Crippen molar-refractivity contribution in [2.75, 3.05) is 17.3 Å². The molecule has 0 radical (unpaired) electrons. The van der Waals surface area contributed by atoms with Gasteiger partial charge in [-0.3, -0.25) is 9.59 Å². The van der Waals surface area contributed by atoms with Crippen LogP contribution in [-0.4, -0.2) is 18.9 Å². The minimum absolute atomic E-state index is 0.0357. The van der Waals surface area contributed by atoms with Crippen molar-refractivity contribution in [1.82, 2.24) is 0 Å². The molecule has 2 amide bonds. The van der Waals surface area contributed by atoms with Crippen LogP contribution in [0.15, 0.2) is 53.0 Å². The van der Waals surface area contributed by atoms with E-state index in [0.29, 0.717) is 12.1 Å².